The van der Waals surface area contributed by atoms with Gasteiger partial charge in [0.05, 0.1) is 6.04 Å². The van der Waals surface area contributed by atoms with Crippen molar-refractivity contribution in [2.24, 2.45) is 0 Å². The molecule has 142 valence electrons. The van der Waals surface area contributed by atoms with Crippen LogP contribution >= 0.6 is 11.3 Å². The molecule has 3 rings (SSSR count). The SMILES string of the molecule is CCN(CC)C(CNC(=O)C(c1ccccc1)n1cccn1)c1ccsc1. The molecule has 0 aliphatic heterocycles. The van der Waals surface area contributed by atoms with Crippen molar-refractivity contribution in [2.45, 2.75) is 25.9 Å². The van der Waals surface area contributed by atoms with Crippen molar-refractivity contribution in [3.63, 3.8) is 0 Å². The van der Waals surface area contributed by atoms with Crippen molar-refractivity contribution in [3.8, 4) is 0 Å². The molecule has 0 saturated carbocycles. The van der Waals surface area contributed by atoms with Gasteiger partial charge in [0.25, 0.3) is 0 Å². The van der Waals surface area contributed by atoms with Crippen molar-refractivity contribution < 1.29 is 4.79 Å². The van der Waals surface area contributed by atoms with Crippen molar-refractivity contribution in [2.75, 3.05) is 19.6 Å². The van der Waals surface area contributed by atoms with Gasteiger partial charge in [0.2, 0.25) is 5.91 Å². The van der Waals surface area contributed by atoms with Crippen LogP contribution in [0, 0.1) is 0 Å². The number of rotatable bonds is 9. The summed E-state index contributed by atoms with van der Waals surface area (Å²) in [6.07, 6.45) is 3.53. The lowest BCUT2D eigenvalue weighted by Crippen LogP contribution is -2.41. The van der Waals surface area contributed by atoms with E-state index >= 15 is 0 Å². The van der Waals surface area contributed by atoms with E-state index in [1.54, 1.807) is 22.2 Å². The Morgan fingerprint density at radius 3 is 2.52 bits per heavy atom. The maximum atomic E-state index is 13.1. The Labute approximate surface area is 164 Å². The molecule has 0 bridgehead atoms. The summed E-state index contributed by atoms with van der Waals surface area (Å²) < 4.78 is 1.71. The summed E-state index contributed by atoms with van der Waals surface area (Å²) in [4.78, 5) is 15.5. The summed E-state index contributed by atoms with van der Waals surface area (Å²) >= 11 is 1.69. The fourth-order valence-electron chi connectivity index (χ4n) is 3.37. The molecule has 1 aromatic carbocycles. The summed E-state index contributed by atoms with van der Waals surface area (Å²) in [5.41, 5.74) is 2.17. The lowest BCUT2D eigenvalue weighted by atomic mass is 10.1. The van der Waals surface area contributed by atoms with Crippen molar-refractivity contribution in [1.29, 1.82) is 0 Å². The van der Waals surface area contributed by atoms with Crippen LogP contribution in [0.4, 0.5) is 0 Å². The minimum atomic E-state index is -0.471. The first-order chi connectivity index (χ1) is 13.2. The number of carbonyl (C=O) groups excluding carboxylic acids is 1. The molecule has 2 aromatic heterocycles. The smallest absolute Gasteiger partial charge is 0.249 e. The van der Waals surface area contributed by atoms with E-state index in [-0.39, 0.29) is 11.9 Å². The van der Waals surface area contributed by atoms with Crippen LogP contribution in [0.3, 0.4) is 0 Å². The maximum absolute atomic E-state index is 13.1. The van der Waals surface area contributed by atoms with Crippen LogP contribution in [0.5, 0.6) is 0 Å². The summed E-state index contributed by atoms with van der Waals surface area (Å²) in [6.45, 7) is 6.76. The quantitative estimate of drug-likeness (QED) is 0.613. The Kier molecular flexibility index (Phi) is 6.79. The van der Waals surface area contributed by atoms with E-state index in [4.69, 9.17) is 0 Å². The second-order valence-electron chi connectivity index (χ2n) is 6.34. The van der Waals surface area contributed by atoms with E-state index in [0.717, 1.165) is 18.7 Å². The third-order valence-corrected chi connectivity index (χ3v) is 5.51. The molecule has 0 aliphatic carbocycles. The molecule has 2 unspecified atom stereocenters. The third kappa shape index (κ3) is 4.64. The molecule has 0 saturated heterocycles. The van der Waals surface area contributed by atoms with Gasteiger partial charge in [-0.2, -0.15) is 16.4 Å². The van der Waals surface area contributed by atoms with Crippen LogP contribution in [-0.4, -0.2) is 40.2 Å². The molecule has 0 spiro atoms. The largest absolute Gasteiger partial charge is 0.352 e. The first-order valence-corrected chi connectivity index (χ1v) is 10.3. The molecule has 0 fully saturated rings. The maximum Gasteiger partial charge on any atom is 0.249 e. The molecule has 27 heavy (non-hydrogen) atoms. The molecule has 2 atom stereocenters. The Morgan fingerprint density at radius 2 is 1.93 bits per heavy atom. The highest BCUT2D eigenvalue weighted by Crippen LogP contribution is 2.23. The summed E-state index contributed by atoms with van der Waals surface area (Å²) in [6, 6.07) is 13.5. The van der Waals surface area contributed by atoms with Crippen LogP contribution < -0.4 is 5.32 Å². The van der Waals surface area contributed by atoms with E-state index in [0.29, 0.717) is 6.54 Å². The number of aromatic nitrogens is 2. The van der Waals surface area contributed by atoms with Crippen LogP contribution in [-0.2, 0) is 4.79 Å². The first-order valence-electron chi connectivity index (χ1n) is 9.32. The Bertz CT molecular complexity index is 798. The van der Waals surface area contributed by atoms with E-state index < -0.39 is 6.04 Å². The van der Waals surface area contributed by atoms with E-state index in [2.05, 4.69) is 46.0 Å². The van der Waals surface area contributed by atoms with Gasteiger partial charge in [-0.1, -0.05) is 44.2 Å². The number of nitrogens with one attached hydrogen (secondary N) is 1. The van der Waals surface area contributed by atoms with Gasteiger partial charge in [-0.15, -0.1) is 0 Å². The molecule has 3 aromatic rings. The topological polar surface area (TPSA) is 50.2 Å². The van der Waals surface area contributed by atoms with E-state index in [1.807, 2.05) is 42.6 Å². The number of likely N-dealkylation sites (N-methyl/N-ethyl adjacent to an activating group) is 1. The number of nitrogens with zero attached hydrogens (tertiary/aromatic N) is 3. The first kappa shape index (κ1) is 19.3. The molecule has 0 aliphatic rings. The second kappa shape index (κ2) is 9.48. The van der Waals surface area contributed by atoms with E-state index in [9.17, 15) is 4.79 Å². The zero-order valence-electron chi connectivity index (χ0n) is 15.8. The van der Waals surface area contributed by atoms with E-state index in [1.165, 1.54) is 5.56 Å². The lowest BCUT2D eigenvalue weighted by Gasteiger charge is -2.30. The van der Waals surface area contributed by atoms with Gasteiger partial charge >= 0.3 is 0 Å². The van der Waals surface area contributed by atoms with Gasteiger partial charge in [-0.3, -0.25) is 14.4 Å². The average molecular weight is 383 g/mol. The number of carbonyl (C=O) groups is 1. The molecular formula is C21H26N4OS. The monoisotopic (exact) mass is 382 g/mol. The van der Waals surface area contributed by atoms with Gasteiger partial charge in [0, 0.05) is 18.9 Å². The zero-order chi connectivity index (χ0) is 19.1. The number of benzene rings is 1. The summed E-state index contributed by atoms with van der Waals surface area (Å²) in [5.74, 6) is -0.0442. The third-order valence-electron chi connectivity index (χ3n) is 4.80. The van der Waals surface area contributed by atoms with Gasteiger partial charge in [-0.25, -0.2) is 0 Å². The molecule has 2 heterocycles. The summed E-state index contributed by atoms with van der Waals surface area (Å²) in [7, 11) is 0. The van der Waals surface area contributed by atoms with Crippen molar-refractivity contribution in [1.82, 2.24) is 20.0 Å². The number of thiophene rings is 1. The lowest BCUT2D eigenvalue weighted by molar-refractivity contribution is -0.123. The van der Waals surface area contributed by atoms with Gasteiger partial charge in [0.15, 0.2) is 6.04 Å². The normalized spacial score (nSPS) is 13.4. The number of hydrogen-bond acceptors (Lipinski definition) is 4. The fraction of sp³-hybridized carbons (Fsp3) is 0.333. The minimum absolute atomic E-state index is 0.0442. The molecule has 1 amide bonds. The molecule has 1 N–H and O–H groups in total. The molecule has 5 nitrogen and oxygen atoms in total. The number of amides is 1. The minimum Gasteiger partial charge on any atom is -0.352 e. The van der Waals surface area contributed by atoms with Crippen LogP contribution in [0.2, 0.25) is 0 Å². The predicted molar refractivity (Wildman–Crippen MR) is 110 cm³/mol. The number of hydrogen-bond donors (Lipinski definition) is 1. The predicted octanol–water partition coefficient (Wildman–Crippen LogP) is 3.73. The van der Waals surface area contributed by atoms with Crippen LogP contribution in [0.15, 0.2) is 65.6 Å². The average Bonchev–Trinajstić information content (AvgIpc) is 3.40. The van der Waals surface area contributed by atoms with Crippen LogP contribution in [0.1, 0.15) is 37.1 Å². The molecular weight excluding hydrogens is 356 g/mol. The standard InChI is InChI=1S/C21H26N4OS/c1-3-24(4-2)19(18-11-14-27-16-18)15-22-21(26)20(25-13-8-12-23-25)17-9-6-5-7-10-17/h5-14,16,19-20H,3-4,15H2,1-2H3,(H,22,26). The second-order valence-corrected chi connectivity index (χ2v) is 7.12. The van der Waals surface area contributed by atoms with Crippen LogP contribution in [0.25, 0.3) is 0 Å². The highest BCUT2D eigenvalue weighted by atomic mass is 32.1. The van der Waals surface area contributed by atoms with Crippen molar-refractivity contribution in [3.05, 3.63) is 76.7 Å². The highest BCUT2D eigenvalue weighted by molar-refractivity contribution is 7.07. The van der Waals surface area contributed by atoms with Gasteiger partial charge in [-0.05, 0) is 47.1 Å². The molecule has 0 radical (unpaired) electrons. The highest BCUT2D eigenvalue weighted by Gasteiger charge is 2.25. The fourth-order valence-corrected chi connectivity index (χ4v) is 4.08. The zero-order valence-corrected chi connectivity index (χ0v) is 16.6. The Morgan fingerprint density at radius 1 is 1.15 bits per heavy atom. The summed E-state index contributed by atoms with van der Waals surface area (Å²) in [5, 5.41) is 11.7. The van der Waals surface area contributed by atoms with Gasteiger partial charge < -0.3 is 5.32 Å². The Balaban J connectivity index is 1.78. The Hall–Kier alpha value is -2.44. The van der Waals surface area contributed by atoms with Crippen molar-refractivity contribution >= 4 is 17.2 Å². The molecule has 6 heteroatoms. The van der Waals surface area contributed by atoms with Gasteiger partial charge in [0.1, 0.15) is 0 Å².